The van der Waals surface area contributed by atoms with Gasteiger partial charge in [0.1, 0.15) is 5.82 Å². The molecule has 0 aliphatic rings. The van der Waals surface area contributed by atoms with Gasteiger partial charge in [-0.3, -0.25) is 0 Å². The second-order valence-corrected chi connectivity index (χ2v) is 4.44. The van der Waals surface area contributed by atoms with Gasteiger partial charge in [-0.1, -0.05) is 36.4 Å². The van der Waals surface area contributed by atoms with Crippen molar-refractivity contribution < 1.29 is 4.39 Å². The summed E-state index contributed by atoms with van der Waals surface area (Å²) in [5.41, 5.74) is 5.71. The molecular weight excluding hydrogens is 249 g/mol. The SMILES string of the molecule is CCS/C(N)=N/N=C\c1c(F)cccc1Cl. The zero-order valence-corrected chi connectivity index (χ0v) is 10.2. The molecule has 2 N–H and O–H groups in total. The zero-order valence-electron chi connectivity index (χ0n) is 8.65. The van der Waals surface area contributed by atoms with E-state index in [4.69, 9.17) is 17.3 Å². The van der Waals surface area contributed by atoms with Crippen LogP contribution in [-0.2, 0) is 0 Å². The first kappa shape index (κ1) is 13.0. The van der Waals surface area contributed by atoms with E-state index in [1.807, 2.05) is 6.92 Å². The van der Waals surface area contributed by atoms with Crippen LogP contribution in [0, 0.1) is 5.82 Å². The van der Waals surface area contributed by atoms with E-state index in [-0.39, 0.29) is 5.56 Å². The number of nitrogens with zero attached hydrogens (tertiary/aromatic N) is 2. The van der Waals surface area contributed by atoms with Gasteiger partial charge in [-0.15, -0.1) is 5.10 Å². The molecule has 86 valence electrons. The fourth-order valence-electron chi connectivity index (χ4n) is 0.954. The van der Waals surface area contributed by atoms with E-state index < -0.39 is 5.82 Å². The molecule has 0 aliphatic heterocycles. The monoisotopic (exact) mass is 259 g/mol. The summed E-state index contributed by atoms with van der Waals surface area (Å²) in [5, 5.41) is 8.00. The molecule has 0 aromatic heterocycles. The highest BCUT2D eigenvalue weighted by atomic mass is 35.5. The smallest absolute Gasteiger partial charge is 0.180 e. The van der Waals surface area contributed by atoms with Crippen LogP contribution in [0.4, 0.5) is 4.39 Å². The minimum atomic E-state index is -0.437. The van der Waals surface area contributed by atoms with Crippen LogP contribution < -0.4 is 5.73 Å². The van der Waals surface area contributed by atoms with E-state index in [0.717, 1.165) is 5.75 Å². The van der Waals surface area contributed by atoms with Crippen molar-refractivity contribution in [2.24, 2.45) is 15.9 Å². The van der Waals surface area contributed by atoms with Crippen molar-refractivity contribution in [3.8, 4) is 0 Å². The van der Waals surface area contributed by atoms with Gasteiger partial charge in [-0.2, -0.15) is 5.10 Å². The molecule has 0 spiro atoms. The van der Waals surface area contributed by atoms with Gasteiger partial charge in [-0.05, 0) is 17.9 Å². The largest absolute Gasteiger partial charge is 0.377 e. The van der Waals surface area contributed by atoms with Gasteiger partial charge >= 0.3 is 0 Å². The lowest BCUT2D eigenvalue weighted by Crippen LogP contribution is -2.05. The molecule has 0 atom stereocenters. The van der Waals surface area contributed by atoms with Crippen molar-refractivity contribution in [1.82, 2.24) is 0 Å². The maximum atomic E-state index is 13.3. The number of hydrogen-bond acceptors (Lipinski definition) is 3. The molecule has 16 heavy (non-hydrogen) atoms. The lowest BCUT2D eigenvalue weighted by Gasteiger charge is -1.97. The predicted molar refractivity (Wildman–Crippen MR) is 68.8 cm³/mol. The van der Waals surface area contributed by atoms with Crippen molar-refractivity contribution in [2.45, 2.75) is 6.92 Å². The first-order valence-corrected chi connectivity index (χ1v) is 5.94. The van der Waals surface area contributed by atoms with Crippen LogP contribution in [0.15, 0.2) is 28.4 Å². The number of hydrogen-bond donors (Lipinski definition) is 1. The van der Waals surface area contributed by atoms with Crippen molar-refractivity contribution in [3.05, 3.63) is 34.6 Å². The number of halogens is 2. The first-order valence-electron chi connectivity index (χ1n) is 4.58. The molecule has 0 fully saturated rings. The summed E-state index contributed by atoms with van der Waals surface area (Å²) in [7, 11) is 0. The van der Waals surface area contributed by atoms with Gasteiger partial charge < -0.3 is 5.73 Å². The second kappa shape index (κ2) is 6.50. The molecule has 3 nitrogen and oxygen atoms in total. The van der Waals surface area contributed by atoms with E-state index in [2.05, 4.69) is 10.2 Å². The summed E-state index contributed by atoms with van der Waals surface area (Å²) in [4.78, 5) is 0. The first-order chi connectivity index (χ1) is 7.65. The summed E-state index contributed by atoms with van der Waals surface area (Å²) in [5.74, 6) is 0.374. The van der Waals surface area contributed by atoms with E-state index in [0.29, 0.717) is 10.2 Å². The minimum Gasteiger partial charge on any atom is -0.377 e. The van der Waals surface area contributed by atoms with Gasteiger partial charge in [0.15, 0.2) is 5.17 Å². The summed E-state index contributed by atoms with van der Waals surface area (Å²) in [6.07, 6.45) is 1.25. The van der Waals surface area contributed by atoms with Crippen LogP contribution in [0.5, 0.6) is 0 Å². The van der Waals surface area contributed by atoms with Crippen LogP contribution in [0.1, 0.15) is 12.5 Å². The van der Waals surface area contributed by atoms with Crippen molar-refractivity contribution in [3.63, 3.8) is 0 Å². The molecule has 1 rings (SSSR count). The molecule has 0 heterocycles. The molecule has 0 amide bonds. The Labute approximate surface area is 103 Å². The normalized spacial score (nSPS) is 12.3. The quantitative estimate of drug-likeness (QED) is 0.516. The van der Waals surface area contributed by atoms with Crippen molar-refractivity contribution in [2.75, 3.05) is 5.75 Å². The van der Waals surface area contributed by atoms with Crippen LogP contribution in [0.3, 0.4) is 0 Å². The highest BCUT2D eigenvalue weighted by Crippen LogP contribution is 2.16. The van der Waals surface area contributed by atoms with E-state index in [1.165, 1.54) is 30.1 Å². The summed E-state index contributed by atoms with van der Waals surface area (Å²) >= 11 is 7.15. The summed E-state index contributed by atoms with van der Waals surface area (Å²) in [6.45, 7) is 1.95. The molecule has 6 heteroatoms. The summed E-state index contributed by atoms with van der Waals surface area (Å²) in [6, 6.07) is 4.42. The Bertz CT molecular complexity index is 400. The van der Waals surface area contributed by atoms with E-state index in [1.54, 1.807) is 6.07 Å². The van der Waals surface area contributed by atoms with Gasteiger partial charge in [0, 0.05) is 5.56 Å². The predicted octanol–water partition coefficient (Wildman–Crippen LogP) is 2.88. The van der Waals surface area contributed by atoms with Gasteiger partial charge in [0.25, 0.3) is 0 Å². The number of rotatable bonds is 3. The van der Waals surface area contributed by atoms with Crippen LogP contribution in [0.25, 0.3) is 0 Å². The summed E-state index contributed by atoms with van der Waals surface area (Å²) < 4.78 is 13.3. The van der Waals surface area contributed by atoms with E-state index in [9.17, 15) is 4.39 Å². The van der Waals surface area contributed by atoms with Crippen LogP contribution in [-0.4, -0.2) is 17.1 Å². The Kier molecular flexibility index (Phi) is 5.28. The average molecular weight is 260 g/mol. The Morgan fingerprint density at radius 2 is 2.38 bits per heavy atom. The Morgan fingerprint density at radius 1 is 1.62 bits per heavy atom. The Morgan fingerprint density at radius 3 is 3.00 bits per heavy atom. The number of benzene rings is 1. The Hall–Kier alpha value is -1.07. The van der Waals surface area contributed by atoms with Crippen LogP contribution in [0.2, 0.25) is 5.02 Å². The molecule has 0 aliphatic carbocycles. The molecule has 1 aromatic rings. The lowest BCUT2D eigenvalue weighted by molar-refractivity contribution is 0.626. The average Bonchev–Trinajstić information content (AvgIpc) is 2.23. The fraction of sp³-hybridized carbons (Fsp3) is 0.200. The second-order valence-electron chi connectivity index (χ2n) is 2.75. The molecular formula is C10H11ClFN3S. The van der Waals surface area contributed by atoms with Gasteiger partial charge in [-0.25, -0.2) is 4.39 Å². The maximum Gasteiger partial charge on any atom is 0.180 e. The minimum absolute atomic E-state index is 0.210. The molecule has 1 aromatic carbocycles. The fourth-order valence-corrected chi connectivity index (χ4v) is 1.57. The zero-order chi connectivity index (χ0) is 12.0. The molecule has 0 radical (unpaired) electrons. The molecule has 0 bridgehead atoms. The molecule has 0 saturated heterocycles. The molecule has 0 saturated carbocycles. The molecule has 0 unspecified atom stereocenters. The van der Waals surface area contributed by atoms with Gasteiger partial charge in [0.2, 0.25) is 0 Å². The maximum absolute atomic E-state index is 13.3. The Balaban J connectivity index is 2.81. The standard InChI is InChI=1S/C10H11ClFN3S/c1-2-16-10(13)15-14-6-7-8(11)4-3-5-9(7)12/h3-6H,2H2,1H3,(H2,13,15)/b14-6-. The highest BCUT2D eigenvalue weighted by Gasteiger charge is 2.02. The van der Waals surface area contributed by atoms with E-state index >= 15 is 0 Å². The van der Waals surface area contributed by atoms with Crippen molar-refractivity contribution >= 4 is 34.7 Å². The number of amidine groups is 1. The van der Waals surface area contributed by atoms with Gasteiger partial charge in [0.05, 0.1) is 11.2 Å². The topological polar surface area (TPSA) is 50.7 Å². The third-order valence-electron chi connectivity index (χ3n) is 1.64. The number of nitrogens with two attached hydrogens (primary N) is 1. The third-order valence-corrected chi connectivity index (χ3v) is 2.63. The lowest BCUT2D eigenvalue weighted by atomic mass is 10.2. The number of thioether (sulfide) groups is 1. The highest BCUT2D eigenvalue weighted by molar-refractivity contribution is 8.13. The van der Waals surface area contributed by atoms with Crippen molar-refractivity contribution in [1.29, 1.82) is 0 Å². The third kappa shape index (κ3) is 3.83. The van der Waals surface area contributed by atoms with Crippen LogP contribution >= 0.6 is 23.4 Å².